The number of aromatic nitrogens is 1. The highest BCUT2D eigenvalue weighted by Crippen LogP contribution is 2.24. The van der Waals surface area contributed by atoms with Crippen LogP contribution < -0.4 is 0 Å². The second-order valence-corrected chi connectivity index (χ2v) is 7.23. The third kappa shape index (κ3) is 7.52. The molecule has 0 saturated heterocycles. The molecule has 3 rings (SSSR count). The Morgan fingerprint density at radius 3 is 2.09 bits per heavy atom. The van der Waals surface area contributed by atoms with Crippen molar-refractivity contribution in [3.8, 4) is 11.1 Å². The van der Waals surface area contributed by atoms with Gasteiger partial charge in [-0.2, -0.15) is 0 Å². The van der Waals surface area contributed by atoms with Crippen LogP contribution in [0.1, 0.15) is 43.3 Å². The summed E-state index contributed by atoms with van der Waals surface area (Å²) in [7, 11) is 0. The van der Waals surface area contributed by atoms with Gasteiger partial charge in [0.2, 0.25) is 0 Å². The SMILES string of the molecule is C=Cc1ccccc1/C=C\C.C\C=C/C=C(\C=C/C)c1cc(-c2ccccc2)cc(C)n1. The van der Waals surface area contributed by atoms with Gasteiger partial charge in [0.25, 0.3) is 0 Å². The number of aryl methyl sites for hydroxylation is 1. The number of pyridine rings is 1. The molecule has 1 nitrogen and oxygen atoms in total. The molecule has 0 saturated carbocycles. The third-order valence-electron chi connectivity index (χ3n) is 4.73. The average Bonchev–Trinajstić information content (AvgIpc) is 2.83. The van der Waals surface area contributed by atoms with Gasteiger partial charge in [-0.05, 0) is 67.7 Å². The molecule has 1 heteroatoms. The van der Waals surface area contributed by atoms with E-state index in [1.807, 2.05) is 76.3 Å². The fraction of sp³-hybridized carbons (Fsp3) is 0.129. The number of hydrogen-bond acceptors (Lipinski definition) is 1. The van der Waals surface area contributed by atoms with Crippen LogP contribution in [0, 0.1) is 6.92 Å². The van der Waals surface area contributed by atoms with Crippen LogP contribution in [0.15, 0.2) is 110 Å². The summed E-state index contributed by atoms with van der Waals surface area (Å²) >= 11 is 0. The second-order valence-electron chi connectivity index (χ2n) is 7.23. The molecule has 0 spiro atoms. The van der Waals surface area contributed by atoms with Crippen molar-refractivity contribution in [1.82, 2.24) is 4.98 Å². The van der Waals surface area contributed by atoms with Crippen molar-refractivity contribution in [3.63, 3.8) is 0 Å². The zero-order valence-electron chi connectivity index (χ0n) is 19.6. The predicted molar refractivity (Wildman–Crippen MR) is 143 cm³/mol. The molecular weight excluding hydrogens is 386 g/mol. The van der Waals surface area contributed by atoms with E-state index in [1.54, 1.807) is 0 Å². The number of benzene rings is 2. The third-order valence-corrected chi connectivity index (χ3v) is 4.73. The van der Waals surface area contributed by atoms with Crippen LogP contribution in [0.3, 0.4) is 0 Å². The van der Waals surface area contributed by atoms with Gasteiger partial charge in [0.1, 0.15) is 0 Å². The average molecular weight is 420 g/mol. The lowest BCUT2D eigenvalue weighted by atomic mass is 10.0. The molecule has 0 radical (unpaired) electrons. The van der Waals surface area contributed by atoms with E-state index in [4.69, 9.17) is 0 Å². The molecule has 0 unspecified atom stereocenters. The Labute approximate surface area is 193 Å². The minimum Gasteiger partial charge on any atom is -0.253 e. The quantitative estimate of drug-likeness (QED) is 0.363. The molecule has 1 heterocycles. The van der Waals surface area contributed by atoms with Gasteiger partial charge < -0.3 is 0 Å². The molecule has 0 bridgehead atoms. The minimum absolute atomic E-state index is 1.00. The molecule has 32 heavy (non-hydrogen) atoms. The minimum atomic E-state index is 1.00. The fourth-order valence-corrected chi connectivity index (χ4v) is 3.25. The number of allylic oxidation sites excluding steroid dienone is 7. The molecule has 0 aliphatic heterocycles. The zero-order chi connectivity index (χ0) is 23.2. The van der Waals surface area contributed by atoms with Crippen LogP contribution in [-0.4, -0.2) is 4.98 Å². The molecule has 0 aliphatic rings. The number of rotatable bonds is 6. The van der Waals surface area contributed by atoms with Crippen LogP contribution in [0.4, 0.5) is 0 Å². The summed E-state index contributed by atoms with van der Waals surface area (Å²) in [5.41, 5.74) is 7.99. The number of nitrogens with zero attached hydrogens (tertiary/aromatic N) is 1. The van der Waals surface area contributed by atoms with Crippen molar-refractivity contribution >= 4 is 17.7 Å². The Kier molecular flexibility index (Phi) is 10.4. The van der Waals surface area contributed by atoms with Crippen LogP contribution in [-0.2, 0) is 0 Å². The van der Waals surface area contributed by atoms with E-state index < -0.39 is 0 Å². The van der Waals surface area contributed by atoms with Crippen LogP contribution in [0.5, 0.6) is 0 Å². The normalized spacial score (nSPS) is 11.7. The molecule has 1 aromatic heterocycles. The van der Waals surface area contributed by atoms with Crippen LogP contribution in [0.25, 0.3) is 28.9 Å². The topological polar surface area (TPSA) is 12.9 Å². The van der Waals surface area contributed by atoms with E-state index in [9.17, 15) is 0 Å². The summed E-state index contributed by atoms with van der Waals surface area (Å²) in [4.78, 5) is 4.68. The Bertz CT molecular complexity index is 1110. The first kappa shape index (κ1) is 24.6. The van der Waals surface area contributed by atoms with E-state index >= 15 is 0 Å². The lowest BCUT2D eigenvalue weighted by molar-refractivity contribution is 1.17. The smallest absolute Gasteiger partial charge is 0.0711 e. The van der Waals surface area contributed by atoms with Crippen molar-refractivity contribution in [2.24, 2.45) is 0 Å². The summed E-state index contributed by atoms with van der Waals surface area (Å²) in [5, 5.41) is 0. The summed E-state index contributed by atoms with van der Waals surface area (Å²) in [6.45, 7) is 11.8. The summed E-state index contributed by atoms with van der Waals surface area (Å²) in [6.07, 6.45) is 16.3. The lowest BCUT2D eigenvalue weighted by Crippen LogP contribution is -1.92. The largest absolute Gasteiger partial charge is 0.253 e. The first-order chi connectivity index (χ1) is 15.6. The summed E-state index contributed by atoms with van der Waals surface area (Å²) < 4.78 is 0. The van der Waals surface area contributed by atoms with E-state index in [1.165, 1.54) is 22.3 Å². The predicted octanol–water partition coefficient (Wildman–Crippen LogP) is 8.96. The Balaban J connectivity index is 0.000000278. The molecule has 0 atom stereocenters. The molecule has 0 fully saturated rings. The molecule has 2 aromatic carbocycles. The van der Waals surface area contributed by atoms with Gasteiger partial charge in [-0.1, -0.05) is 110 Å². The van der Waals surface area contributed by atoms with E-state index in [-0.39, 0.29) is 0 Å². The van der Waals surface area contributed by atoms with Crippen molar-refractivity contribution in [3.05, 3.63) is 132 Å². The van der Waals surface area contributed by atoms with E-state index in [2.05, 4.69) is 78.3 Å². The van der Waals surface area contributed by atoms with Crippen molar-refractivity contribution < 1.29 is 0 Å². The van der Waals surface area contributed by atoms with E-state index in [0.29, 0.717) is 0 Å². The molecule has 3 aromatic rings. The van der Waals surface area contributed by atoms with Gasteiger partial charge in [0.05, 0.1) is 5.69 Å². The first-order valence-electron chi connectivity index (χ1n) is 11.0. The number of hydrogen-bond donors (Lipinski definition) is 0. The molecule has 0 amide bonds. The fourth-order valence-electron chi connectivity index (χ4n) is 3.25. The monoisotopic (exact) mass is 419 g/mol. The van der Waals surface area contributed by atoms with Gasteiger partial charge in [0.15, 0.2) is 0 Å². The highest BCUT2D eigenvalue weighted by Gasteiger charge is 2.05. The highest BCUT2D eigenvalue weighted by atomic mass is 14.7. The first-order valence-corrected chi connectivity index (χ1v) is 11.0. The van der Waals surface area contributed by atoms with Gasteiger partial charge >= 0.3 is 0 Å². The summed E-state index contributed by atoms with van der Waals surface area (Å²) in [6, 6.07) is 22.9. The van der Waals surface area contributed by atoms with Gasteiger partial charge in [-0.3, -0.25) is 4.98 Å². The zero-order valence-corrected chi connectivity index (χ0v) is 19.6. The lowest BCUT2D eigenvalue weighted by Gasteiger charge is -2.08. The van der Waals surface area contributed by atoms with Gasteiger partial charge in [-0.15, -0.1) is 0 Å². The molecule has 162 valence electrons. The van der Waals surface area contributed by atoms with Gasteiger partial charge in [-0.25, -0.2) is 0 Å². The maximum atomic E-state index is 4.68. The Hall–Kier alpha value is -3.71. The maximum absolute atomic E-state index is 4.68. The Morgan fingerprint density at radius 2 is 1.47 bits per heavy atom. The van der Waals surface area contributed by atoms with Gasteiger partial charge in [0, 0.05) is 5.69 Å². The van der Waals surface area contributed by atoms with Crippen molar-refractivity contribution in [2.75, 3.05) is 0 Å². The van der Waals surface area contributed by atoms with Crippen molar-refractivity contribution in [1.29, 1.82) is 0 Å². The molecule has 0 aliphatic carbocycles. The molecule has 0 N–H and O–H groups in total. The van der Waals surface area contributed by atoms with Crippen LogP contribution >= 0.6 is 0 Å². The summed E-state index contributed by atoms with van der Waals surface area (Å²) in [5.74, 6) is 0. The van der Waals surface area contributed by atoms with Crippen molar-refractivity contribution in [2.45, 2.75) is 27.7 Å². The standard InChI is InChI=1S/C20H21N.C11H12/c1-4-6-11-18(10-5-2)20-15-19(14-16(3)21-20)17-12-8-7-9-13-17;1-3-7-11-9-6-5-8-10(11)4-2/h4-15H,1-3H3;3-9H,2H2,1H3/b6-4-,10-5-,18-11+;7-3-. The van der Waals surface area contributed by atoms with Crippen LogP contribution in [0.2, 0.25) is 0 Å². The maximum Gasteiger partial charge on any atom is 0.0711 e. The Morgan fingerprint density at radius 1 is 0.781 bits per heavy atom. The van der Waals surface area contributed by atoms with E-state index in [0.717, 1.165) is 17.0 Å². The molecular formula is C31H33N. The highest BCUT2D eigenvalue weighted by molar-refractivity contribution is 5.76. The second kappa shape index (κ2) is 13.6.